The van der Waals surface area contributed by atoms with Crippen molar-refractivity contribution in [2.24, 2.45) is 5.92 Å². The predicted molar refractivity (Wildman–Crippen MR) is 88.4 cm³/mol. The van der Waals surface area contributed by atoms with Crippen LogP contribution in [0.2, 0.25) is 0 Å². The molecule has 4 heteroatoms. The van der Waals surface area contributed by atoms with Gasteiger partial charge in [-0.3, -0.25) is 9.88 Å². The van der Waals surface area contributed by atoms with Gasteiger partial charge in [0.05, 0.1) is 23.4 Å². The second kappa shape index (κ2) is 7.36. The fraction of sp³-hybridized carbons (Fsp3) is 0.368. The fourth-order valence-electron chi connectivity index (χ4n) is 3.16. The van der Waals surface area contributed by atoms with Crippen LogP contribution in [0, 0.1) is 17.2 Å². The van der Waals surface area contributed by atoms with Gasteiger partial charge in [0.25, 0.3) is 0 Å². The fourth-order valence-corrected chi connectivity index (χ4v) is 3.16. The molecular weight excluding hydrogens is 286 g/mol. The monoisotopic (exact) mass is 307 g/mol. The third kappa shape index (κ3) is 3.95. The van der Waals surface area contributed by atoms with Crippen molar-refractivity contribution in [3.8, 4) is 6.07 Å². The summed E-state index contributed by atoms with van der Waals surface area (Å²) in [6.07, 6.45) is 3.23. The summed E-state index contributed by atoms with van der Waals surface area (Å²) in [6.45, 7) is 2.86. The summed E-state index contributed by atoms with van der Waals surface area (Å²) in [6, 6.07) is 15.6. The van der Waals surface area contributed by atoms with E-state index in [1.165, 1.54) is 5.56 Å². The molecule has 0 aliphatic carbocycles. The van der Waals surface area contributed by atoms with Crippen LogP contribution in [0.4, 0.5) is 0 Å². The number of piperidine rings is 1. The summed E-state index contributed by atoms with van der Waals surface area (Å²) in [5, 5.41) is 19.3. The minimum atomic E-state index is -0.465. The Morgan fingerprint density at radius 3 is 2.52 bits per heavy atom. The van der Waals surface area contributed by atoms with Crippen molar-refractivity contribution < 1.29 is 5.11 Å². The standard InChI is InChI=1S/C19H21N3O/c20-13-15-4-6-16(7-5-15)14-22-11-8-17(9-12-22)19(23)18-3-1-2-10-21-18/h1-7,10,17,19,23H,8-9,11-12,14H2/t19-/m0/s1. The first-order valence-corrected chi connectivity index (χ1v) is 8.06. The van der Waals surface area contributed by atoms with Crippen molar-refractivity contribution in [3.63, 3.8) is 0 Å². The Balaban J connectivity index is 1.53. The lowest BCUT2D eigenvalue weighted by atomic mass is 9.89. The maximum absolute atomic E-state index is 10.5. The molecular formula is C19H21N3O. The Bertz CT molecular complexity index is 655. The zero-order chi connectivity index (χ0) is 16.1. The number of aliphatic hydroxyl groups excluding tert-OH is 1. The highest BCUT2D eigenvalue weighted by Crippen LogP contribution is 2.30. The summed E-state index contributed by atoms with van der Waals surface area (Å²) >= 11 is 0. The SMILES string of the molecule is N#Cc1ccc(CN2CCC([C@H](O)c3ccccn3)CC2)cc1. The van der Waals surface area contributed by atoms with Crippen molar-refractivity contribution in [2.75, 3.05) is 13.1 Å². The van der Waals surface area contributed by atoms with Gasteiger partial charge in [0, 0.05) is 12.7 Å². The van der Waals surface area contributed by atoms with Gasteiger partial charge in [0.2, 0.25) is 0 Å². The number of nitrogens with zero attached hydrogens (tertiary/aromatic N) is 3. The summed E-state index contributed by atoms with van der Waals surface area (Å²) in [4.78, 5) is 6.67. The van der Waals surface area contributed by atoms with Crippen LogP contribution in [0.15, 0.2) is 48.7 Å². The number of aromatic nitrogens is 1. The molecule has 1 N–H and O–H groups in total. The highest BCUT2D eigenvalue weighted by molar-refractivity contribution is 5.31. The lowest BCUT2D eigenvalue weighted by molar-refractivity contribution is 0.0540. The van der Waals surface area contributed by atoms with E-state index in [1.54, 1.807) is 6.20 Å². The molecule has 0 amide bonds. The molecule has 118 valence electrons. The Labute approximate surface area is 137 Å². The molecule has 0 spiro atoms. The highest BCUT2D eigenvalue weighted by Gasteiger charge is 2.26. The molecule has 0 radical (unpaired) electrons. The van der Waals surface area contributed by atoms with Gasteiger partial charge in [-0.05, 0) is 61.7 Å². The molecule has 1 aliphatic heterocycles. The van der Waals surface area contributed by atoms with E-state index in [4.69, 9.17) is 5.26 Å². The summed E-state index contributed by atoms with van der Waals surface area (Å²) in [7, 11) is 0. The topological polar surface area (TPSA) is 60.2 Å². The Morgan fingerprint density at radius 1 is 1.17 bits per heavy atom. The Morgan fingerprint density at radius 2 is 1.91 bits per heavy atom. The summed E-state index contributed by atoms with van der Waals surface area (Å²) in [5.74, 6) is 0.280. The number of hydrogen-bond donors (Lipinski definition) is 1. The third-order valence-corrected chi connectivity index (χ3v) is 4.56. The van der Waals surface area contributed by atoms with E-state index in [0.717, 1.165) is 38.2 Å². The minimum Gasteiger partial charge on any atom is -0.387 e. The van der Waals surface area contributed by atoms with Gasteiger partial charge in [-0.1, -0.05) is 18.2 Å². The maximum Gasteiger partial charge on any atom is 0.0991 e. The molecule has 1 aliphatic rings. The van der Waals surface area contributed by atoms with Gasteiger partial charge in [-0.15, -0.1) is 0 Å². The van der Waals surface area contributed by atoms with E-state index < -0.39 is 6.10 Å². The first kappa shape index (κ1) is 15.7. The lowest BCUT2D eigenvalue weighted by Crippen LogP contribution is -2.35. The van der Waals surface area contributed by atoms with E-state index in [-0.39, 0.29) is 5.92 Å². The maximum atomic E-state index is 10.5. The molecule has 0 saturated carbocycles. The zero-order valence-corrected chi connectivity index (χ0v) is 13.1. The van der Waals surface area contributed by atoms with Crippen molar-refractivity contribution in [2.45, 2.75) is 25.5 Å². The van der Waals surface area contributed by atoms with E-state index in [0.29, 0.717) is 5.56 Å². The van der Waals surface area contributed by atoms with Crippen molar-refractivity contribution in [3.05, 3.63) is 65.5 Å². The van der Waals surface area contributed by atoms with Crippen LogP contribution in [-0.4, -0.2) is 28.1 Å². The second-order valence-corrected chi connectivity index (χ2v) is 6.12. The van der Waals surface area contributed by atoms with Gasteiger partial charge < -0.3 is 5.11 Å². The van der Waals surface area contributed by atoms with Crippen molar-refractivity contribution in [1.29, 1.82) is 5.26 Å². The average Bonchev–Trinajstić information content (AvgIpc) is 2.63. The van der Waals surface area contributed by atoms with E-state index in [2.05, 4.69) is 16.0 Å². The molecule has 1 saturated heterocycles. The van der Waals surface area contributed by atoms with E-state index >= 15 is 0 Å². The van der Waals surface area contributed by atoms with Crippen molar-refractivity contribution in [1.82, 2.24) is 9.88 Å². The number of benzene rings is 1. The summed E-state index contributed by atoms with van der Waals surface area (Å²) < 4.78 is 0. The number of likely N-dealkylation sites (tertiary alicyclic amines) is 1. The molecule has 3 rings (SSSR count). The van der Waals surface area contributed by atoms with Crippen LogP contribution in [-0.2, 0) is 6.54 Å². The van der Waals surface area contributed by atoms with Crippen LogP contribution in [0.25, 0.3) is 0 Å². The summed E-state index contributed by atoms with van der Waals surface area (Å²) in [5.41, 5.74) is 2.71. The van der Waals surface area contributed by atoms with E-state index in [9.17, 15) is 5.11 Å². The molecule has 2 aromatic rings. The molecule has 0 bridgehead atoms. The van der Waals surface area contributed by atoms with Gasteiger partial charge in [-0.25, -0.2) is 0 Å². The van der Waals surface area contributed by atoms with Gasteiger partial charge in [-0.2, -0.15) is 5.26 Å². The van der Waals surface area contributed by atoms with Crippen LogP contribution < -0.4 is 0 Å². The molecule has 1 aromatic heterocycles. The third-order valence-electron chi connectivity index (χ3n) is 4.56. The molecule has 1 atom stereocenters. The van der Waals surface area contributed by atoms with Gasteiger partial charge >= 0.3 is 0 Å². The lowest BCUT2D eigenvalue weighted by Gasteiger charge is -2.34. The minimum absolute atomic E-state index is 0.280. The Kier molecular flexibility index (Phi) is 5.02. The molecule has 4 nitrogen and oxygen atoms in total. The molecule has 0 unspecified atom stereocenters. The second-order valence-electron chi connectivity index (χ2n) is 6.12. The highest BCUT2D eigenvalue weighted by atomic mass is 16.3. The number of aliphatic hydroxyl groups is 1. The number of rotatable bonds is 4. The number of hydrogen-bond acceptors (Lipinski definition) is 4. The number of nitriles is 1. The first-order chi connectivity index (χ1) is 11.3. The molecule has 1 fully saturated rings. The predicted octanol–water partition coefficient (Wildman–Crippen LogP) is 2.90. The number of pyridine rings is 1. The van der Waals surface area contributed by atoms with Crippen LogP contribution >= 0.6 is 0 Å². The van der Waals surface area contributed by atoms with Crippen molar-refractivity contribution >= 4 is 0 Å². The molecule has 23 heavy (non-hydrogen) atoms. The Hall–Kier alpha value is -2.22. The van der Waals surface area contributed by atoms with Gasteiger partial charge in [0.15, 0.2) is 0 Å². The van der Waals surface area contributed by atoms with Crippen LogP contribution in [0.3, 0.4) is 0 Å². The molecule has 2 heterocycles. The largest absolute Gasteiger partial charge is 0.387 e. The van der Waals surface area contributed by atoms with Gasteiger partial charge in [0.1, 0.15) is 0 Å². The normalized spacial score (nSPS) is 17.6. The smallest absolute Gasteiger partial charge is 0.0991 e. The first-order valence-electron chi connectivity index (χ1n) is 8.06. The van der Waals surface area contributed by atoms with Crippen LogP contribution in [0.5, 0.6) is 0 Å². The van der Waals surface area contributed by atoms with E-state index in [1.807, 2.05) is 42.5 Å². The molecule has 1 aromatic carbocycles. The quantitative estimate of drug-likeness (QED) is 0.943. The zero-order valence-electron chi connectivity index (χ0n) is 13.1. The van der Waals surface area contributed by atoms with Crippen LogP contribution in [0.1, 0.15) is 35.8 Å². The average molecular weight is 307 g/mol.